The third-order valence-corrected chi connectivity index (χ3v) is 8.21. The molecular formula is C42H28N2O. The molecule has 0 aliphatic rings. The van der Waals surface area contributed by atoms with Crippen molar-refractivity contribution >= 4 is 66.9 Å². The van der Waals surface area contributed by atoms with E-state index < -0.39 is 0 Å². The van der Waals surface area contributed by atoms with E-state index >= 15 is 0 Å². The van der Waals surface area contributed by atoms with Crippen LogP contribution in [0.1, 0.15) is 11.1 Å². The molecule has 0 radical (unpaired) electrons. The maximum Gasteiger partial charge on any atom is 0.127 e. The van der Waals surface area contributed by atoms with Crippen LogP contribution >= 0.6 is 0 Å². The molecule has 0 spiro atoms. The van der Waals surface area contributed by atoms with Crippen molar-refractivity contribution < 1.29 is 4.74 Å². The van der Waals surface area contributed by atoms with E-state index in [0.29, 0.717) is 0 Å². The van der Waals surface area contributed by atoms with Gasteiger partial charge < -0.3 is 4.74 Å². The van der Waals surface area contributed by atoms with Crippen molar-refractivity contribution in [2.24, 2.45) is 9.98 Å². The van der Waals surface area contributed by atoms with E-state index in [0.717, 1.165) is 34.0 Å². The molecule has 212 valence electrons. The average Bonchev–Trinajstić information content (AvgIpc) is 3.11. The van der Waals surface area contributed by atoms with Gasteiger partial charge >= 0.3 is 0 Å². The zero-order chi connectivity index (χ0) is 30.0. The first-order valence-corrected chi connectivity index (χ1v) is 15.1. The molecule has 8 aromatic carbocycles. The number of aliphatic imine (C=N–C) groups is 2. The zero-order valence-electron chi connectivity index (χ0n) is 24.5. The van der Waals surface area contributed by atoms with Gasteiger partial charge in [0, 0.05) is 23.6 Å². The van der Waals surface area contributed by atoms with Crippen molar-refractivity contribution in [2.45, 2.75) is 0 Å². The minimum absolute atomic E-state index is 0.754. The van der Waals surface area contributed by atoms with Gasteiger partial charge in [-0.2, -0.15) is 0 Å². The predicted molar refractivity (Wildman–Crippen MR) is 190 cm³/mol. The maximum absolute atomic E-state index is 6.12. The van der Waals surface area contributed by atoms with Crippen LogP contribution in [0.5, 0.6) is 11.5 Å². The molecule has 3 nitrogen and oxygen atoms in total. The second-order valence-corrected chi connectivity index (χ2v) is 11.1. The van der Waals surface area contributed by atoms with Crippen molar-refractivity contribution in [1.29, 1.82) is 0 Å². The van der Waals surface area contributed by atoms with Gasteiger partial charge in [-0.1, -0.05) is 97.1 Å². The van der Waals surface area contributed by atoms with Gasteiger partial charge in [0.2, 0.25) is 0 Å². The van der Waals surface area contributed by atoms with Crippen molar-refractivity contribution in [3.8, 4) is 11.5 Å². The van der Waals surface area contributed by atoms with Crippen molar-refractivity contribution in [2.75, 3.05) is 0 Å². The van der Waals surface area contributed by atoms with Crippen molar-refractivity contribution in [3.05, 3.63) is 169 Å². The summed E-state index contributed by atoms with van der Waals surface area (Å²) >= 11 is 0. The van der Waals surface area contributed by atoms with Crippen LogP contribution in [0.4, 0.5) is 11.4 Å². The molecule has 0 atom stereocenters. The van der Waals surface area contributed by atoms with Crippen molar-refractivity contribution in [3.63, 3.8) is 0 Å². The molecule has 0 aliphatic heterocycles. The molecule has 0 aromatic heterocycles. The fraction of sp³-hybridized carbons (Fsp3) is 0. The molecule has 8 rings (SSSR count). The number of hydrogen-bond donors (Lipinski definition) is 0. The highest BCUT2D eigenvalue weighted by atomic mass is 16.5. The Morgan fingerprint density at radius 2 is 0.711 bits per heavy atom. The highest BCUT2D eigenvalue weighted by molar-refractivity contribution is 6.15. The summed E-state index contributed by atoms with van der Waals surface area (Å²) in [4.78, 5) is 9.56. The van der Waals surface area contributed by atoms with E-state index in [-0.39, 0.29) is 0 Å². The predicted octanol–water partition coefficient (Wildman–Crippen LogP) is 11.6. The topological polar surface area (TPSA) is 34.0 Å². The summed E-state index contributed by atoms with van der Waals surface area (Å²) in [6.07, 6.45) is 3.90. The lowest BCUT2D eigenvalue weighted by Gasteiger charge is -2.08. The third kappa shape index (κ3) is 5.32. The van der Waals surface area contributed by atoms with Crippen LogP contribution in [0.25, 0.3) is 43.1 Å². The largest absolute Gasteiger partial charge is 0.457 e. The molecule has 0 bridgehead atoms. The first-order chi connectivity index (χ1) is 22.3. The summed E-state index contributed by atoms with van der Waals surface area (Å²) in [6.45, 7) is 0. The fourth-order valence-corrected chi connectivity index (χ4v) is 6.00. The van der Waals surface area contributed by atoms with Crippen LogP contribution in [0.15, 0.2) is 168 Å². The van der Waals surface area contributed by atoms with Crippen LogP contribution in [0, 0.1) is 0 Å². The van der Waals surface area contributed by atoms with E-state index in [4.69, 9.17) is 14.7 Å². The lowest BCUT2D eigenvalue weighted by molar-refractivity contribution is 0.483. The second kappa shape index (κ2) is 11.6. The van der Waals surface area contributed by atoms with Crippen LogP contribution in [-0.2, 0) is 0 Å². The minimum atomic E-state index is 0.754. The van der Waals surface area contributed by atoms with E-state index in [1.54, 1.807) is 0 Å². The summed E-state index contributed by atoms with van der Waals surface area (Å²) in [5.41, 5.74) is 3.93. The molecule has 0 heterocycles. The van der Waals surface area contributed by atoms with E-state index in [9.17, 15) is 0 Å². The van der Waals surface area contributed by atoms with Gasteiger partial charge in [-0.15, -0.1) is 0 Å². The van der Waals surface area contributed by atoms with E-state index in [2.05, 4.69) is 109 Å². The summed E-state index contributed by atoms with van der Waals surface area (Å²) in [7, 11) is 0. The van der Waals surface area contributed by atoms with Gasteiger partial charge in [0.15, 0.2) is 0 Å². The molecule has 0 unspecified atom stereocenters. The van der Waals surface area contributed by atoms with Gasteiger partial charge in [0.1, 0.15) is 11.5 Å². The van der Waals surface area contributed by atoms with Crippen LogP contribution in [0.3, 0.4) is 0 Å². The van der Waals surface area contributed by atoms with Gasteiger partial charge in [0.25, 0.3) is 0 Å². The maximum atomic E-state index is 6.12. The molecule has 45 heavy (non-hydrogen) atoms. The summed E-state index contributed by atoms with van der Waals surface area (Å²) < 4.78 is 6.12. The summed E-state index contributed by atoms with van der Waals surface area (Å²) in [5.74, 6) is 1.51. The summed E-state index contributed by atoms with van der Waals surface area (Å²) in [6, 6.07) is 54.0. The van der Waals surface area contributed by atoms with Gasteiger partial charge in [-0.05, 0) is 104 Å². The Morgan fingerprint density at radius 3 is 1.13 bits per heavy atom. The molecule has 0 amide bonds. The molecule has 0 saturated heterocycles. The Morgan fingerprint density at radius 1 is 0.356 bits per heavy atom. The first kappa shape index (κ1) is 26.6. The molecule has 0 aliphatic carbocycles. The Balaban J connectivity index is 0.979. The molecule has 0 fully saturated rings. The van der Waals surface area contributed by atoms with E-state index in [1.165, 1.54) is 43.1 Å². The van der Waals surface area contributed by atoms with Crippen LogP contribution in [-0.4, -0.2) is 12.4 Å². The molecular weight excluding hydrogens is 548 g/mol. The Hall–Kier alpha value is -6.06. The number of ether oxygens (including phenoxy) is 1. The molecule has 8 aromatic rings. The normalized spacial score (nSPS) is 11.8. The molecule has 0 N–H and O–H groups in total. The zero-order valence-corrected chi connectivity index (χ0v) is 24.5. The smallest absolute Gasteiger partial charge is 0.127 e. The number of hydrogen-bond acceptors (Lipinski definition) is 3. The number of rotatable bonds is 6. The quantitative estimate of drug-likeness (QED) is 0.143. The second-order valence-electron chi connectivity index (χ2n) is 11.1. The molecule has 3 heteroatoms. The highest BCUT2D eigenvalue weighted by Crippen LogP contribution is 2.31. The standard InChI is InChI=1S/C42H28N2O/c1-3-11-37-29(9-1)25-31(39-13-5-7-15-41(37)39)27-43-33-17-21-35(22-18-33)45-36-23-19-34(20-24-36)44-28-32-26-30-10-2-4-12-38(30)42-16-8-6-14-40(32)42/h1-28H. The average molecular weight is 577 g/mol. The monoisotopic (exact) mass is 576 g/mol. The Labute approximate surface area is 261 Å². The van der Waals surface area contributed by atoms with Gasteiger partial charge in [-0.3, -0.25) is 9.98 Å². The summed E-state index contributed by atoms with van der Waals surface area (Å²) in [5, 5.41) is 9.78. The first-order valence-electron chi connectivity index (χ1n) is 15.1. The van der Waals surface area contributed by atoms with Crippen LogP contribution in [0.2, 0.25) is 0 Å². The minimum Gasteiger partial charge on any atom is -0.457 e. The third-order valence-electron chi connectivity index (χ3n) is 8.21. The fourth-order valence-electron chi connectivity index (χ4n) is 6.00. The van der Waals surface area contributed by atoms with E-state index in [1.807, 2.05) is 61.0 Å². The SMILES string of the molecule is C(=Nc1ccc(Oc2ccc(N=Cc3cc4ccccc4c4ccccc34)cc2)cc1)c1cc2ccccc2c2ccccc12. The number of fused-ring (bicyclic) bond motifs is 6. The lowest BCUT2D eigenvalue weighted by atomic mass is 9.98. The van der Waals surface area contributed by atoms with Crippen molar-refractivity contribution in [1.82, 2.24) is 0 Å². The van der Waals surface area contributed by atoms with Gasteiger partial charge in [0.05, 0.1) is 11.4 Å². The number of benzene rings is 8. The molecule has 0 saturated carbocycles. The number of nitrogens with zero attached hydrogens (tertiary/aromatic N) is 2. The highest BCUT2D eigenvalue weighted by Gasteiger charge is 2.06. The lowest BCUT2D eigenvalue weighted by Crippen LogP contribution is -1.87. The Bertz CT molecular complexity index is 2220. The Kier molecular flexibility index (Phi) is 6.82. The van der Waals surface area contributed by atoms with Gasteiger partial charge in [-0.25, -0.2) is 0 Å². The van der Waals surface area contributed by atoms with Crippen LogP contribution < -0.4 is 4.74 Å².